The van der Waals surface area contributed by atoms with Crippen LogP contribution in [-0.2, 0) is 0 Å². The summed E-state index contributed by atoms with van der Waals surface area (Å²) in [6.07, 6.45) is 0. The van der Waals surface area contributed by atoms with Gasteiger partial charge >= 0.3 is 0 Å². The minimum Gasteiger partial charge on any atom is -0.353 e. The zero-order valence-corrected chi connectivity index (χ0v) is 18.6. The van der Waals surface area contributed by atoms with Gasteiger partial charge < -0.3 is 9.55 Å². The van der Waals surface area contributed by atoms with E-state index in [1.54, 1.807) is 0 Å². The fourth-order valence-corrected chi connectivity index (χ4v) is 5.12. The monoisotopic (exact) mass is 434 g/mol. The van der Waals surface area contributed by atoms with Gasteiger partial charge in [-0.15, -0.1) is 0 Å². The molecule has 0 unspecified atom stereocenters. The maximum Gasteiger partial charge on any atom is 0.0797 e. The number of rotatable bonds is 3. The first-order chi connectivity index (χ1) is 16.9. The Morgan fingerprint density at radius 3 is 1.79 bits per heavy atom. The van der Waals surface area contributed by atoms with Crippen LogP contribution >= 0.6 is 0 Å². The number of hydrogen-bond donors (Lipinski definition) is 1. The van der Waals surface area contributed by atoms with Gasteiger partial charge in [-0.25, -0.2) is 0 Å². The summed E-state index contributed by atoms with van der Waals surface area (Å²) >= 11 is 0. The average Bonchev–Trinajstić information content (AvgIpc) is 3.44. The predicted octanol–water partition coefficient (Wildman–Crippen LogP) is 8.60. The molecular formula is C32H22N2. The molecule has 2 aromatic heterocycles. The van der Waals surface area contributed by atoms with Crippen LogP contribution in [-0.4, -0.2) is 9.55 Å². The van der Waals surface area contributed by atoms with Crippen molar-refractivity contribution in [2.45, 2.75) is 0 Å². The van der Waals surface area contributed by atoms with Gasteiger partial charge in [-0.1, -0.05) is 97.1 Å². The molecule has 0 aliphatic carbocycles. The summed E-state index contributed by atoms with van der Waals surface area (Å²) < 4.78 is 2.40. The third-order valence-corrected chi connectivity index (χ3v) is 6.75. The van der Waals surface area contributed by atoms with E-state index >= 15 is 0 Å². The van der Waals surface area contributed by atoms with Crippen LogP contribution in [0.25, 0.3) is 60.8 Å². The Morgan fingerprint density at radius 1 is 0.471 bits per heavy atom. The molecule has 0 bridgehead atoms. The lowest BCUT2D eigenvalue weighted by Gasteiger charge is -2.10. The second kappa shape index (κ2) is 7.50. The average molecular weight is 435 g/mol. The normalized spacial score (nSPS) is 11.5. The maximum atomic E-state index is 3.71. The fourth-order valence-electron chi connectivity index (χ4n) is 5.12. The Kier molecular flexibility index (Phi) is 4.18. The van der Waals surface area contributed by atoms with E-state index in [9.17, 15) is 0 Å². The Bertz CT molecular complexity index is 1770. The molecule has 5 aromatic carbocycles. The van der Waals surface area contributed by atoms with Crippen LogP contribution in [0.1, 0.15) is 0 Å². The lowest BCUT2D eigenvalue weighted by atomic mass is 10.0. The number of aromatic amines is 1. The zero-order chi connectivity index (χ0) is 22.5. The number of hydrogen-bond acceptors (Lipinski definition) is 0. The number of nitrogens with zero attached hydrogens (tertiary/aromatic N) is 1. The largest absolute Gasteiger partial charge is 0.353 e. The third-order valence-electron chi connectivity index (χ3n) is 6.75. The molecule has 0 aliphatic rings. The van der Waals surface area contributed by atoms with Crippen molar-refractivity contribution in [1.82, 2.24) is 9.55 Å². The highest BCUT2D eigenvalue weighted by atomic mass is 15.0. The molecule has 2 heteroatoms. The molecule has 0 fully saturated rings. The van der Waals surface area contributed by atoms with Crippen molar-refractivity contribution < 1.29 is 0 Å². The van der Waals surface area contributed by atoms with Crippen molar-refractivity contribution in [2.75, 3.05) is 0 Å². The van der Waals surface area contributed by atoms with Crippen molar-refractivity contribution in [3.63, 3.8) is 0 Å². The quantitative estimate of drug-likeness (QED) is 0.287. The summed E-state index contributed by atoms with van der Waals surface area (Å²) in [6, 6.07) is 45.4. The van der Waals surface area contributed by atoms with Gasteiger partial charge in [0, 0.05) is 22.0 Å². The van der Waals surface area contributed by atoms with E-state index in [-0.39, 0.29) is 0 Å². The summed E-state index contributed by atoms with van der Waals surface area (Å²) in [5.41, 5.74) is 10.9. The fraction of sp³-hybridized carbons (Fsp3) is 0. The smallest absolute Gasteiger partial charge is 0.0797 e. The van der Waals surface area contributed by atoms with Crippen molar-refractivity contribution in [1.29, 1.82) is 0 Å². The lowest BCUT2D eigenvalue weighted by Crippen LogP contribution is -1.94. The van der Waals surface area contributed by atoms with Crippen LogP contribution in [0.2, 0.25) is 0 Å². The predicted molar refractivity (Wildman–Crippen MR) is 144 cm³/mol. The first-order valence-corrected chi connectivity index (χ1v) is 11.6. The van der Waals surface area contributed by atoms with Gasteiger partial charge in [0.15, 0.2) is 0 Å². The third kappa shape index (κ3) is 2.89. The standard InChI is InChI=1S/C32H22N2/c1-3-9-22(10-4-1)24-15-18-26(19-16-24)34-30-20-17-25(23-11-5-2-6-12-23)21-28(30)31-32(34)27-13-7-8-14-29(27)33-31/h1-21,33H. The molecule has 0 saturated carbocycles. The van der Waals surface area contributed by atoms with Crippen LogP contribution in [0.5, 0.6) is 0 Å². The molecule has 34 heavy (non-hydrogen) atoms. The molecule has 2 heterocycles. The van der Waals surface area contributed by atoms with Crippen LogP contribution < -0.4 is 0 Å². The van der Waals surface area contributed by atoms with E-state index < -0.39 is 0 Å². The van der Waals surface area contributed by atoms with E-state index in [0.29, 0.717) is 0 Å². The number of benzene rings is 5. The number of para-hydroxylation sites is 1. The van der Waals surface area contributed by atoms with E-state index in [1.807, 2.05) is 0 Å². The van der Waals surface area contributed by atoms with Gasteiger partial charge in [0.25, 0.3) is 0 Å². The second-order valence-corrected chi connectivity index (χ2v) is 8.74. The van der Waals surface area contributed by atoms with Crippen LogP contribution in [0.3, 0.4) is 0 Å². The topological polar surface area (TPSA) is 20.7 Å². The molecule has 0 aliphatic heterocycles. The molecule has 0 radical (unpaired) electrons. The summed E-state index contributed by atoms with van der Waals surface area (Å²) in [7, 11) is 0. The van der Waals surface area contributed by atoms with Crippen LogP contribution in [0, 0.1) is 0 Å². The maximum absolute atomic E-state index is 3.71. The summed E-state index contributed by atoms with van der Waals surface area (Å²) in [4.78, 5) is 3.71. The van der Waals surface area contributed by atoms with Gasteiger partial charge in [-0.3, -0.25) is 0 Å². The first-order valence-electron chi connectivity index (χ1n) is 11.6. The molecule has 7 aromatic rings. The van der Waals surface area contributed by atoms with Gasteiger partial charge in [-0.05, 0) is 52.6 Å². The summed E-state index contributed by atoms with van der Waals surface area (Å²) in [5.74, 6) is 0. The Hall–Kier alpha value is -4.56. The van der Waals surface area contributed by atoms with Gasteiger partial charge in [0.1, 0.15) is 0 Å². The minimum absolute atomic E-state index is 1.16. The number of nitrogens with one attached hydrogen (secondary N) is 1. The minimum atomic E-state index is 1.16. The Balaban J connectivity index is 1.50. The highest BCUT2D eigenvalue weighted by Gasteiger charge is 2.18. The molecule has 160 valence electrons. The molecule has 2 nitrogen and oxygen atoms in total. The zero-order valence-electron chi connectivity index (χ0n) is 18.6. The van der Waals surface area contributed by atoms with Crippen molar-refractivity contribution in [3.05, 3.63) is 127 Å². The SMILES string of the molecule is c1ccc(-c2ccc(-n3c4ccc(-c5ccccc5)cc4c4[nH]c5ccccc5c43)cc2)cc1. The molecule has 0 saturated heterocycles. The number of H-pyrrole nitrogens is 1. The number of aromatic nitrogens is 2. The number of fused-ring (bicyclic) bond motifs is 5. The molecule has 0 amide bonds. The van der Waals surface area contributed by atoms with Gasteiger partial charge in [-0.2, -0.15) is 0 Å². The van der Waals surface area contributed by atoms with Crippen molar-refractivity contribution in [3.8, 4) is 27.9 Å². The molecule has 1 N–H and O–H groups in total. The van der Waals surface area contributed by atoms with E-state index in [2.05, 4.69) is 137 Å². The highest BCUT2D eigenvalue weighted by molar-refractivity contribution is 6.18. The lowest BCUT2D eigenvalue weighted by molar-refractivity contribution is 1.19. The summed E-state index contributed by atoms with van der Waals surface area (Å²) in [5, 5.41) is 2.47. The van der Waals surface area contributed by atoms with Crippen LogP contribution in [0.4, 0.5) is 0 Å². The van der Waals surface area contributed by atoms with E-state index in [0.717, 1.165) is 11.2 Å². The van der Waals surface area contributed by atoms with Gasteiger partial charge in [0.05, 0.1) is 16.6 Å². The van der Waals surface area contributed by atoms with Gasteiger partial charge in [0.2, 0.25) is 0 Å². The first kappa shape index (κ1) is 19.0. The van der Waals surface area contributed by atoms with E-state index in [4.69, 9.17) is 0 Å². The molecule has 7 rings (SSSR count). The van der Waals surface area contributed by atoms with Crippen molar-refractivity contribution in [2.24, 2.45) is 0 Å². The molecular weight excluding hydrogens is 412 g/mol. The Morgan fingerprint density at radius 2 is 1.06 bits per heavy atom. The molecule has 0 atom stereocenters. The Labute approximate surface area is 197 Å². The highest BCUT2D eigenvalue weighted by Crippen LogP contribution is 2.38. The van der Waals surface area contributed by atoms with Crippen LogP contribution in [0.15, 0.2) is 127 Å². The van der Waals surface area contributed by atoms with E-state index in [1.165, 1.54) is 49.6 Å². The second-order valence-electron chi connectivity index (χ2n) is 8.74. The molecule has 0 spiro atoms. The van der Waals surface area contributed by atoms with Crippen molar-refractivity contribution >= 4 is 32.8 Å². The summed E-state index contributed by atoms with van der Waals surface area (Å²) in [6.45, 7) is 0.